The molecule has 2 atom stereocenters. The minimum atomic E-state index is -1.16. The quantitative estimate of drug-likeness (QED) is 0.476. The van der Waals surface area contributed by atoms with E-state index >= 15 is 0 Å². The molecule has 0 bridgehead atoms. The molecule has 0 N–H and O–H groups in total. The zero-order valence-electron chi connectivity index (χ0n) is 16.6. The highest BCUT2D eigenvalue weighted by Gasteiger charge is 2.48. The van der Waals surface area contributed by atoms with Gasteiger partial charge in [0.05, 0.1) is 30.8 Å². The third-order valence-corrected chi connectivity index (χ3v) is 5.14. The van der Waals surface area contributed by atoms with E-state index in [9.17, 15) is 14.4 Å². The average molecular weight is 407 g/mol. The predicted molar refractivity (Wildman–Crippen MR) is 109 cm³/mol. The lowest BCUT2D eigenvalue weighted by Crippen LogP contribution is -2.51. The Labute approximate surface area is 173 Å². The maximum absolute atomic E-state index is 13.5. The zero-order chi connectivity index (χ0) is 21.3. The summed E-state index contributed by atoms with van der Waals surface area (Å²) in [5, 5.41) is 0. The first-order valence-corrected chi connectivity index (χ1v) is 9.63. The summed E-state index contributed by atoms with van der Waals surface area (Å²) >= 11 is 0. The molecule has 2 heterocycles. The highest BCUT2D eigenvalue weighted by molar-refractivity contribution is 6.10. The first kappa shape index (κ1) is 19.6. The Balaban J connectivity index is 1.99. The Hall–Kier alpha value is -3.68. The second-order valence-corrected chi connectivity index (χ2v) is 6.86. The summed E-state index contributed by atoms with van der Waals surface area (Å²) in [5.74, 6) is -2.67. The number of para-hydroxylation sites is 2. The Morgan fingerprint density at radius 3 is 2.47 bits per heavy atom. The summed E-state index contributed by atoms with van der Waals surface area (Å²) in [6, 6.07) is 16.0. The molecule has 4 rings (SSSR count). The van der Waals surface area contributed by atoms with Crippen LogP contribution in [0.2, 0.25) is 0 Å². The van der Waals surface area contributed by atoms with Crippen LogP contribution in [0.25, 0.3) is 11.0 Å². The number of hydrogen-bond acceptors (Lipinski definition) is 6. The third kappa shape index (κ3) is 3.20. The normalized spacial score (nSPS) is 18.2. The minimum Gasteiger partial charge on any atom is -0.468 e. The van der Waals surface area contributed by atoms with Gasteiger partial charge in [-0.2, -0.15) is 0 Å². The molecule has 30 heavy (non-hydrogen) atoms. The van der Waals surface area contributed by atoms with Gasteiger partial charge in [0.1, 0.15) is 6.54 Å². The minimum absolute atomic E-state index is 0.138. The predicted octanol–water partition coefficient (Wildman–Crippen LogP) is 2.32. The number of amides is 1. The number of ether oxygens (including phenoxy) is 2. The van der Waals surface area contributed by atoms with E-state index in [1.165, 1.54) is 12.0 Å². The molecule has 0 fully saturated rings. The van der Waals surface area contributed by atoms with E-state index in [2.05, 4.69) is 4.98 Å². The Bertz CT molecular complexity index is 1110. The molecule has 0 aliphatic carbocycles. The van der Waals surface area contributed by atoms with Crippen LogP contribution in [-0.4, -0.2) is 47.7 Å². The van der Waals surface area contributed by atoms with Crippen LogP contribution in [0.1, 0.15) is 18.5 Å². The van der Waals surface area contributed by atoms with E-state index in [0.717, 1.165) is 11.1 Å². The van der Waals surface area contributed by atoms with Crippen LogP contribution < -0.4 is 4.90 Å². The fourth-order valence-electron chi connectivity index (χ4n) is 3.84. The summed E-state index contributed by atoms with van der Waals surface area (Å²) < 4.78 is 11.8. The number of carbonyl (C=O) groups is 3. The van der Waals surface area contributed by atoms with E-state index in [-0.39, 0.29) is 13.2 Å². The van der Waals surface area contributed by atoms with Gasteiger partial charge in [-0.15, -0.1) is 0 Å². The number of fused-ring (bicyclic) bond motifs is 3. The number of anilines is 1. The highest BCUT2D eigenvalue weighted by Crippen LogP contribution is 2.41. The molecule has 1 aromatic heterocycles. The Morgan fingerprint density at radius 2 is 1.77 bits per heavy atom. The van der Waals surface area contributed by atoms with Crippen molar-refractivity contribution in [3.63, 3.8) is 0 Å². The first-order valence-electron chi connectivity index (χ1n) is 9.63. The number of esters is 2. The number of hydrogen-bond donors (Lipinski definition) is 0. The second-order valence-electron chi connectivity index (χ2n) is 6.86. The van der Waals surface area contributed by atoms with Crippen molar-refractivity contribution in [2.24, 2.45) is 5.92 Å². The van der Waals surface area contributed by atoms with E-state index in [1.54, 1.807) is 6.92 Å². The first-order chi connectivity index (χ1) is 14.6. The molecule has 0 unspecified atom stereocenters. The van der Waals surface area contributed by atoms with Gasteiger partial charge in [-0.3, -0.25) is 19.3 Å². The third-order valence-electron chi connectivity index (χ3n) is 5.14. The van der Waals surface area contributed by atoms with Crippen LogP contribution in [0.3, 0.4) is 0 Å². The summed E-state index contributed by atoms with van der Waals surface area (Å²) in [7, 11) is 1.25. The van der Waals surface area contributed by atoms with Gasteiger partial charge < -0.3 is 14.0 Å². The van der Waals surface area contributed by atoms with Gasteiger partial charge in [0, 0.05) is 0 Å². The number of methoxy groups -OCH3 is 1. The van der Waals surface area contributed by atoms with E-state index in [1.807, 2.05) is 59.2 Å². The number of carbonyl (C=O) groups excluding carboxylic acids is 3. The van der Waals surface area contributed by atoms with Gasteiger partial charge in [0.15, 0.2) is 5.92 Å². The molecule has 3 aromatic rings. The lowest BCUT2D eigenvalue weighted by Gasteiger charge is -2.37. The molecule has 0 saturated carbocycles. The van der Waals surface area contributed by atoms with Crippen molar-refractivity contribution in [3.05, 3.63) is 60.2 Å². The van der Waals surface area contributed by atoms with Crippen LogP contribution >= 0.6 is 0 Å². The van der Waals surface area contributed by atoms with Crippen molar-refractivity contribution >= 4 is 34.8 Å². The molecule has 8 heteroatoms. The van der Waals surface area contributed by atoms with Crippen molar-refractivity contribution < 1.29 is 23.9 Å². The molecule has 1 amide bonds. The number of rotatable bonds is 5. The summed E-state index contributed by atoms with van der Waals surface area (Å²) in [5.41, 5.74) is 2.17. The van der Waals surface area contributed by atoms with Crippen LogP contribution in [0.15, 0.2) is 54.6 Å². The monoisotopic (exact) mass is 407 g/mol. The number of nitrogens with zero attached hydrogens (tertiary/aromatic N) is 3. The van der Waals surface area contributed by atoms with Crippen molar-refractivity contribution in [1.29, 1.82) is 0 Å². The standard InChI is InChI=1S/C22H21N3O5/c1-3-30-21(28)18-19(14-9-5-4-6-10-14)25-16-12-8-7-11-15(16)23-22(25)24(20(18)27)13-17(26)29-2/h4-12,18-19H,3,13H2,1-2H3/t18-,19+/m1/s1. The van der Waals surface area contributed by atoms with Gasteiger partial charge in [0.25, 0.3) is 0 Å². The fourth-order valence-corrected chi connectivity index (χ4v) is 3.84. The van der Waals surface area contributed by atoms with Gasteiger partial charge in [-0.25, -0.2) is 4.98 Å². The van der Waals surface area contributed by atoms with Crippen LogP contribution in [0.5, 0.6) is 0 Å². The molecule has 0 spiro atoms. The fraction of sp³-hybridized carbons (Fsp3) is 0.273. The Kier molecular flexibility index (Phi) is 5.22. The molecule has 0 radical (unpaired) electrons. The lowest BCUT2D eigenvalue weighted by molar-refractivity contribution is -0.154. The maximum atomic E-state index is 13.5. The molecule has 0 saturated heterocycles. The smallest absolute Gasteiger partial charge is 0.325 e. The van der Waals surface area contributed by atoms with Gasteiger partial charge in [-0.1, -0.05) is 42.5 Å². The summed E-state index contributed by atoms with van der Waals surface area (Å²) in [6.45, 7) is 1.47. The maximum Gasteiger partial charge on any atom is 0.325 e. The molecular formula is C22H21N3O5. The van der Waals surface area contributed by atoms with E-state index in [0.29, 0.717) is 11.5 Å². The highest BCUT2D eigenvalue weighted by atomic mass is 16.5. The van der Waals surface area contributed by atoms with Gasteiger partial charge in [-0.05, 0) is 24.6 Å². The summed E-state index contributed by atoms with van der Waals surface area (Å²) in [6.07, 6.45) is 0. The van der Waals surface area contributed by atoms with Crippen molar-refractivity contribution in [2.75, 3.05) is 25.2 Å². The van der Waals surface area contributed by atoms with Crippen molar-refractivity contribution in [2.45, 2.75) is 13.0 Å². The summed E-state index contributed by atoms with van der Waals surface area (Å²) in [4.78, 5) is 44.3. The number of imidazole rings is 1. The second kappa shape index (κ2) is 7.98. The lowest BCUT2D eigenvalue weighted by atomic mass is 9.89. The molecule has 1 aliphatic heterocycles. The number of aromatic nitrogens is 2. The molecule has 2 aromatic carbocycles. The van der Waals surface area contributed by atoms with Crippen molar-refractivity contribution in [1.82, 2.24) is 9.55 Å². The topological polar surface area (TPSA) is 90.7 Å². The Morgan fingerprint density at radius 1 is 1.07 bits per heavy atom. The SMILES string of the molecule is CCOC(=O)[C@H]1C(=O)N(CC(=O)OC)c2nc3ccccc3n2[C@H]1c1ccccc1. The van der Waals surface area contributed by atoms with Crippen LogP contribution in [0, 0.1) is 5.92 Å². The van der Waals surface area contributed by atoms with Crippen molar-refractivity contribution in [3.8, 4) is 0 Å². The number of benzene rings is 2. The van der Waals surface area contributed by atoms with E-state index in [4.69, 9.17) is 9.47 Å². The molecular weight excluding hydrogens is 386 g/mol. The molecule has 1 aliphatic rings. The van der Waals surface area contributed by atoms with E-state index < -0.39 is 29.8 Å². The van der Waals surface area contributed by atoms with Crippen LogP contribution in [-0.2, 0) is 23.9 Å². The van der Waals surface area contributed by atoms with Gasteiger partial charge >= 0.3 is 11.9 Å². The zero-order valence-corrected chi connectivity index (χ0v) is 16.6. The largest absolute Gasteiger partial charge is 0.468 e. The molecule has 8 nitrogen and oxygen atoms in total. The van der Waals surface area contributed by atoms with Gasteiger partial charge in [0.2, 0.25) is 11.9 Å². The molecule has 154 valence electrons. The average Bonchev–Trinajstić information content (AvgIpc) is 3.15. The van der Waals surface area contributed by atoms with Crippen LogP contribution in [0.4, 0.5) is 5.95 Å².